The number of alkyl carbamates (subject to hydrolysis) is 1. The van der Waals surface area contributed by atoms with Gasteiger partial charge < -0.3 is 30.0 Å². The third-order valence-electron chi connectivity index (χ3n) is 6.33. The predicted molar refractivity (Wildman–Crippen MR) is 141 cm³/mol. The Morgan fingerprint density at radius 3 is 2.00 bits per heavy atom. The fourth-order valence-corrected chi connectivity index (χ4v) is 4.96. The molecule has 14 nitrogen and oxygen atoms in total. The highest BCUT2D eigenvalue weighted by Gasteiger charge is 2.48. The maximum atomic E-state index is 12.2. The third-order valence-corrected chi connectivity index (χ3v) is 7.35. The van der Waals surface area contributed by atoms with E-state index in [1.54, 1.807) is 18.6 Å². The monoisotopic (exact) mass is 580 g/mol. The van der Waals surface area contributed by atoms with Gasteiger partial charge in [-0.05, 0) is 30.6 Å². The van der Waals surface area contributed by atoms with Gasteiger partial charge in [-0.3, -0.25) is 9.59 Å². The van der Waals surface area contributed by atoms with Crippen LogP contribution in [0.1, 0.15) is 60.3 Å². The lowest BCUT2D eigenvalue weighted by Gasteiger charge is -2.22. The number of hydrogen-bond donors (Lipinski definition) is 5. The van der Waals surface area contributed by atoms with Crippen LogP contribution in [0.15, 0.2) is 0 Å². The molecule has 1 aliphatic carbocycles. The van der Waals surface area contributed by atoms with Gasteiger partial charge in [-0.25, -0.2) is 14.3 Å². The average Bonchev–Trinajstić information content (AvgIpc) is 3.50. The van der Waals surface area contributed by atoms with Crippen LogP contribution in [-0.2, 0) is 34.0 Å². The zero-order chi connectivity index (χ0) is 29.6. The normalized spacial score (nSPS) is 20.0. The Kier molecular flexibility index (Phi) is 15.1. The second kappa shape index (κ2) is 17.1. The Labute approximate surface area is 230 Å². The van der Waals surface area contributed by atoms with Crippen molar-refractivity contribution in [3.63, 3.8) is 0 Å². The first kappa shape index (κ1) is 34.4. The van der Waals surface area contributed by atoms with Crippen LogP contribution in [0.25, 0.3) is 0 Å². The van der Waals surface area contributed by atoms with E-state index in [2.05, 4.69) is 29.2 Å². The van der Waals surface area contributed by atoms with Crippen LogP contribution >= 0.6 is 0 Å². The minimum atomic E-state index is -4.13. The Bertz CT molecular complexity index is 903. The highest BCUT2D eigenvalue weighted by Crippen LogP contribution is 2.51. The molecule has 1 fully saturated rings. The van der Waals surface area contributed by atoms with Gasteiger partial charge in [0.1, 0.15) is 18.7 Å². The Morgan fingerprint density at radius 2 is 1.46 bits per heavy atom. The number of nitrogens with one attached hydrogen (secondary N) is 4. The summed E-state index contributed by atoms with van der Waals surface area (Å²) in [5.74, 6) is -0.886. The molecule has 5 N–H and O–H groups in total. The predicted octanol–water partition coefficient (Wildman–Crippen LogP) is 1.37. The number of amides is 3. The highest BCUT2D eigenvalue weighted by molar-refractivity contribution is 7.88. The van der Waals surface area contributed by atoms with Gasteiger partial charge in [-0.15, -0.1) is 0 Å². The Balaban J connectivity index is 2.23. The maximum absolute atomic E-state index is 12.2. The van der Waals surface area contributed by atoms with E-state index >= 15 is 0 Å². The lowest BCUT2D eigenvalue weighted by molar-refractivity contribution is -0.141. The van der Waals surface area contributed by atoms with Crippen molar-refractivity contribution in [3.05, 3.63) is 0 Å². The maximum Gasteiger partial charge on any atom is 0.421 e. The molecule has 0 aromatic carbocycles. The first-order valence-electron chi connectivity index (χ1n) is 13.3. The highest BCUT2D eigenvalue weighted by atomic mass is 32.2. The molecule has 3 amide bonds. The van der Waals surface area contributed by atoms with Crippen molar-refractivity contribution in [2.75, 3.05) is 33.0 Å². The Hall–Kier alpha value is -2.65. The average molecular weight is 581 g/mol. The molecule has 0 aliphatic heterocycles. The van der Waals surface area contributed by atoms with Gasteiger partial charge in [0.15, 0.2) is 0 Å². The van der Waals surface area contributed by atoms with Crippen molar-refractivity contribution in [1.29, 1.82) is 0 Å². The summed E-state index contributed by atoms with van der Waals surface area (Å²) < 4.78 is 43.2. The van der Waals surface area contributed by atoms with Crippen molar-refractivity contribution >= 4 is 34.3 Å². The first-order valence-corrected chi connectivity index (χ1v) is 14.8. The number of carboxylic acids is 1. The van der Waals surface area contributed by atoms with E-state index in [0.29, 0.717) is 11.8 Å². The van der Waals surface area contributed by atoms with Crippen LogP contribution in [-0.4, -0.2) is 82.6 Å². The van der Waals surface area contributed by atoms with Gasteiger partial charge in [0.2, 0.25) is 5.91 Å². The second-order valence-electron chi connectivity index (χ2n) is 9.85. The van der Waals surface area contributed by atoms with Gasteiger partial charge in [0, 0.05) is 6.54 Å². The lowest BCUT2D eigenvalue weighted by atomic mass is 10.0. The molecule has 0 radical (unpaired) electrons. The minimum absolute atomic E-state index is 0.0571. The lowest BCUT2D eigenvalue weighted by Crippen LogP contribution is -2.53. The smallest absolute Gasteiger partial charge is 0.421 e. The van der Waals surface area contributed by atoms with E-state index in [1.165, 1.54) is 6.92 Å². The molecule has 226 valence electrons. The van der Waals surface area contributed by atoms with Crippen molar-refractivity contribution < 1.29 is 46.9 Å². The minimum Gasteiger partial charge on any atom is -0.480 e. The van der Waals surface area contributed by atoms with Crippen molar-refractivity contribution in [1.82, 2.24) is 20.1 Å². The molecule has 0 bridgehead atoms. The summed E-state index contributed by atoms with van der Waals surface area (Å²) in [7, 11) is -4.13. The number of carboxylic acid groups (broad SMARTS) is 1. The number of ether oxygens (including phenoxy) is 3. The van der Waals surface area contributed by atoms with Crippen molar-refractivity contribution in [2.45, 2.75) is 72.4 Å². The molecule has 39 heavy (non-hydrogen) atoms. The molecular formula is C24H44N4O10S. The molecule has 1 saturated carbocycles. The second-order valence-corrected chi connectivity index (χ2v) is 11.3. The first-order chi connectivity index (χ1) is 18.3. The van der Waals surface area contributed by atoms with E-state index in [-0.39, 0.29) is 44.8 Å². The topological polar surface area (TPSA) is 198 Å². The van der Waals surface area contributed by atoms with Gasteiger partial charge in [-0.1, -0.05) is 53.4 Å². The van der Waals surface area contributed by atoms with E-state index in [1.807, 2.05) is 0 Å². The van der Waals surface area contributed by atoms with Crippen LogP contribution in [0.5, 0.6) is 0 Å². The van der Waals surface area contributed by atoms with Gasteiger partial charge >= 0.3 is 28.4 Å². The fraction of sp³-hybridized carbons (Fsp3) is 0.833. The molecular weight excluding hydrogens is 536 g/mol. The number of hydrogen-bond acceptors (Lipinski definition) is 9. The van der Waals surface area contributed by atoms with Gasteiger partial charge in [-0.2, -0.15) is 13.1 Å². The fourth-order valence-electron chi connectivity index (χ4n) is 4.25. The Morgan fingerprint density at radius 1 is 0.846 bits per heavy atom. The molecule has 0 spiro atoms. The molecule has 0 aromatic rings. The molecule has 15 heteroatoms. The molecule has 1 rings (SSSR count). The van der Waals surface area contributed by atoms with Crippen LogP contribution in [0.2, 0.25) is 0 Å². The van der Waals surface area contributed by atoms with E-state index in [9.17, 15) is 27.6 Å². The molecule has 0 aromatic heterocycles. The summed E-state index contributed by atoms with van der Waals surface area (Å²) in [6.07, 6.45) is 2.32. The number of carbonyl (C=O) groups is 4. The van der Waals surface area contributed by atoms with Crippen LogP contribution in [0.3, 0.4) is 0 Å². The molecule has 0 unspecified atom stereocenters. The van der Waals surface area contributed by atoms with Gasteiger partial charge in [0.05, 0.1) is 19.8 Å². The van der Waals surface area contributed by atoms with Crippen LogP contribution in [0, 0.1) is 23.7 Å². The summed E-state index contributed by atoms with van der Waals surface area (Å²) >= 11 is 0. The summed E-state index contributed by atoms with van der Waals surface area (Å²) in [5, 5.41) is 13.6. The van der Waals surface area contributed by atoms with Crippen LogP contribution in [0.4, 0.5) is 9.59 Å². The SMILES string of the molecule is CCC[C@@H]1[C@H](CCC)[C@@H]1COC(=O)NS(=O)(=O)NCCOCCOC(=O)N[C@H](C(=O)N[C@@H](C)C(=O)O)C(C)C. The van der Waals surface area contributed by atoms with E-state index in [4.69, 9.17) is 19.3 Å². The summed E-state index contributed by atoms with van der Waals surface area (Å²) in [6.45, 7) is 8.61. The summed E-state index contributed by atoms with van der Waals surface area (Å²) in [6, 6.07) is -2.13. The number of rotatable bonds is 19. The summed E-state index contributed by atoms with van der Waals surface area (Å²) in [4.78, 5) is 47.0. The number of aliphatic carboxylic acids is 1. The standard InChI is InChI=1S/C24H44N4O10S/c1-6-8-17-18(9-7-2)19(17)14-38-24(33)28-39(34,35)25-10-11-36-12-13-37-23(32)27-20(15(3)4)21(29)26-16(5)22(30)31/h15-20,25H,6-14H2,1-5H3,(H,26,29)(H,27,32)(H,28,33)(H,30,31)/t16-,17-,18+,19-,20-/m0/s1. The largest absolute Gasteiger partial charge is 0.480 e. The van der Waals surface area contributed by atoms with Gasteiger partial charge in [0.25, 0.3) is 0 Å². The summed E-state index contributed by atoms with van der Waals surface area (Å²) in [5.41, 5.74) is 0. The molecule has 1 aliphatic rings. The number of carbonyl (C=O) groups excluding carboxylic acids is 3. The zero-order valence-electron chi connectivity index (χ0n) is 23.4. The van der Waals surface area contributed by atoms with E-state index in [0.717, 1.165) is 25.7 Å². The zero-order valence-corrected chi connectivity index (χ0v) is 24.2. The van der Waals surface area contributed by atoms with Crippen LogP contribution < -0.4 is 20.1 Å². The van der Waals surface area contributed by atoms with Crippen molar-refractivity contribution in [3.8, 4) is 0 Å². The quantitative estimate of drug-likeness (QED) is 0.139. The third kappa shape index (κ3) is 13.3. The van der Waals surface area contributed by atoms with E-state index < -0.39 is 46.4 Å². The molecule has 0 heterocycles. The molecule has 0 saturated heterocycles. The van der Waals surface area contributed by atoms with Crippen molar-refractivity contribution in [2.24, 2.45) is 23.7 Å². The molecule has 5 atom stereocenters.